The summed E-state index contributed by atoms with van der Waals surface area (Å²) in [7, 11) is 0. The van der Waals surface area contributed by atoms with Gasteiger partial charge in [0.1, 0.15) is 11.2 Å². The Bertz CT molecular complexity index is 1520. The van der Waals surface area contributed by atoms with E-state index in [1.807, 2.05) is 109 Å². The van der Waals surface area contributed by atoms with Crippen LogP contribution in [0.1, 0.15) is 39.8 Å². The quantitative estimate of drug-likeness (QED) is 0.137. The third-order valence-corrected chi connectivity index (χ3v) is 8.34. The largest absolute Gasteiger partial charge is 0.391 e. The van der Waals surface area contributed by atoms with Crippen molar-refractivity contribution in [1.82, 2.24) is 0 Å². The maximum absolute atomic E-state index is 11.5. The van der Waals surface area contributed by atoms with Gasteiger partial charge in [-0.1, -0.05) is 182 Å². The molecule has 0 saturated heterocycles. The molecule has 0 amide bonds. The zero-order chi connectivity index (χ0) is 30.8. The van der Waals surface area contributed by atoms with Crippen LogP contribution in [0.3, 0.4) is 0 Å². The Labute approximate surface area is 266 Å². The monoisotopic (exact) mass is 590 g/mol. The van der Waals surface area contributed by atoms with Gasteiger partial charge in [0.25, 0.3) is 0 Å². The second kappa shape index (κ2) is 14.3. The molecule has 6 aromatic rings. The van der Waals surface area contributed by atoms with Gasteiger partial charge in [0, 0.05) is 0 Å². The Hall–Kier alpha value is -4.80. The zero-order valence-electron chi connectivity index (χ0n) is 25.3. The molecule has 0 fully saturated rings. The van der Waals surface area contributed by atoms with Crippen molar-refractivity contribution in [2.75, 3.05) is 13.2 Å². The molecule has 0 aliphatic rings. The normalized spacial score (nSPS) is 12.5. The lowest BCUT2D eigenvalue weighted by atomic mass is 9.80. The van der Waals surface area contributed by atoms with Crippen LogP contribution in [-0.2, 0) is 20.7 Å². The predicted octanol–water partition coefficient (Wildman–Crippen LogP) is 8.75. The van der Waals surface area contributed by atoms with Gasteiger partial charge in [-0.15, -0.1) is 0 Å². The number of ether oxygens (including phenoxy) is 2. The van der Waals surface area contributed by atoms with Crippen LogP contribution in [0, 0.1) is 0 Å². The summed E-state index contributed by atoms with van der Waals surface area (Å²) in [5.74, 6) is 0. The van der Waals surface area contributed by atoms with Gasteiger partial charge >= 0.3 is 0 Å². The van der Waals surface area contributed by atoms with Crippen molar-refractivity contribution < 1.29 is 14.6 Å². The van der Waals surface area contributed by atoms with E-state index in [-0.39, 0.29) is 6.61 Å². The third-order valence-electron chi connectivity index (χ3n) is 8.34. The van der Waals surface area contributed by atoms with Gasteiger partial charge in [-0.25, -0.2) is 0 Å². The van der Waals surface area contributed by atoms with Gasteiger partial charge in [-0.05, 0) is 39.8 Å². The third kappa shape index (κ3) is 6.38. The van der Waals surface area contributed by atoms with E-state index >= 15 is 0 Å². The molecule has 0 aliphatic carbocycles. The summed E-state index contributed by atoms with van der Waals surface area (Å²) < 4.78 is 13.8. The molecule has 0 radical (unpaired) electrons. The molecule has 0 bridgehead atoms. The van der Waals surface area contributed by atoms with Crippen molar-refractivity contribution in [3.63, 3.8) is 0 Å². The highest BCUT2D eigenvalue weighted by atomic mass is 16.5. The van der Waals surface area contributed by atoms with Crippen molar-refractivity contribution in [3.05, 3.63) is 215 Å². The summed E-state index contributed by atoms with van der Waals surface area (Å²) in [6.45, 7) is 0.440. The van der Waals surface area contributed by atoms with Gasteiger partial charge in [0.15, 0.2) is 0 Å². The molecule has 45 heavy (non-hydrogen) atoms. The number of hydrogen-bond acceptors (Lipinski definition) is 3. The van der Waals surface area contributed by atoms with Crippen molar-refractivity contribution in [2.24, 2.45) is 0 Å². The van der Waals surface area contributed by atoms with Crippen LogP contribution in [-0.4, -0.2) is 24.4 Å². The fourth-order valence-corrected chi connectivity index (χ4v) is 6.19. The highest BCUT2D eigenvalue weighted by Gasteiger charge is 2.39. The maximum Gasteiger partial charge on any atom is 0.143 e. The summed E-state index contributed by atoms with van der Waals surface area (Å²) in [5, 5.41) is 11.5. The van der Waals surface area contributed by atoms with Crippen LogP contribution in [0.15, 0.2) is 182 Å². The first-order chi connectivity index (χ1) is 22.2. The molecular weight excluding hydrogens is 552 g/mol. The Morgan fingerprint density at radius 1 is 0.378 bits per heavy atom. The van der Waals surface area contributed by atoms with E-state index in [0.717, 1.165) is 33.4 Å². The summed E-state index contributed by atoms with van der Waals surface area (Å²) in [6.07, 6.45) is -0.372. The van der Waals surface area contributed by atoms with E-state index < -0.39 is 17.3 Å². The first kappa shape index (κ1) is 30.2. The van der Waals surface area contributed by atoms with Crippen LogP contribution in [0.2, 0.25) is 0 Å². The SMILES string of the molecule is OC(CCOC(c1ccccc1)(c1ccccc1)c1ccccc1)COC(c1ccccc1)(c1ccccc1)c1ccccc1. The highest BCUT2D eigenvalue weighted by molar-refractivity contribution is 5.48. The van der Waals surface area contributed by atoms with Crippen molar-refractivity contribution in [1.29, 1.82) is 0 Å². The Morgan fingerprint density at radius 3 is 0.889 bits per heavy atom. The van der Waals surface area contributed by atoms with Crippen molar-refractivity contribution >= 4 is 0 Å². The van der Waals surface area contributed by atoms with E-state index in [1.165, 1.54) is 0 Å². The minimum atomic E-state index is -0.895. The molecule has 224 valence electrons. The predicted molar refractivity (Wildman–Crippen MR) is 181 cm³/mol. The van der Waals surface area contributed by atoms with Gasteiger partial charge in [0.2, 0.25) is 0 Å². The second-order valence-corrected chi connectivity index (χ2v) is 11.2. The average Bonchev–Trinajstić information content (AvgIpc) is 3.13. The van der Waals surface area contributed by atoms with E-state index in [4.69, 9.17) is 9.47 Å². The molecule has 0 saturated carbocycles. The first-order valence-corrected chi connectivity index (χ1v) is 15.5. The summed E-state index contributed by atoms with van der Waals surface area (Å²) in [5.41, 5.74) is 4.36. The topological polar surface area (TPSA) is 38.7 Å². The zero-order valence-corrected chi connectivity index (χ0v) is 25.3. The van der Waals surface area contributed by atoms with E-state index in [2.05, 4.69) is 72.8 Å². The number of benzene rings is 6. The molecule has 0 aliphatic heterocycles. The lowest BCUT2D eigenvalue weighted by molar-refractivity contribution is -0.0575. The molecule has 0 aromatic heterocycles. The van der Waals surface area contributed by atoms with Crippen LogP contribution >= 0.6 is 0 Å². The van der Waals surface area contributed by atoms with Crippen molar-refractivity contribution in [3.8, 4) is 0 Å². The molecule has 1 N–H and O–H groups in total. The summed E-state index contributed by atoms with van der Waals surface area (Å²) in [6, 6.07) is 61.6. The van der Waals surface area contributed by atoms with Crippen LogP contribution < -0.4 is 0 Å². The molecule has 3 heteroatoms. The van der Waals surface area contributed by atoms with E-state index in [9.17, 15) is 5.11 Å². The number of aliphatic hydroxyl groups is 1. The molecule has 1 unspecified atom stereocenters. The van der Waals surface area contributed by atoms with Crippen LogP contribution in [0.4, 0.5) is 0 Å². The molecule has 6 aromatic carbocycles. The van der Waals surface area contributed by atoms with E-state index in [0.29, 0.717) is 13.0 Å². The average molecular weight is 591 g/mol. The molecule has 6 rings (SSSR count). The molecular formula is C42H38O3. The second-order valence-electron chi connectivity index (χ2n) is 11.2. The summed E-state index contributed by atoms with van der Waals surface area (Å²) >= 11 is 0. The minimum Gasteiger partial charge on any atom is -0.391 e. The lowest BCUT2D eigenvalue weighted by Crippen LogP contribution is -2.37. The summed E-state index contributed by atoms with van der Waals surface area (Å²) in [4.78, 5) is 0. The lowest BCUT2D eigenvalue weighted by Gasteiger charge is -2.37. The van der Waals surface area contributed by atoms with Crippen LogP contribution in [0.5, 0.6) is 0 Å². The minimum absolute atomic E-state index is 0.122. The molecule has 1 atom stereocenters. The Balaban J connectivity index is 1.29. The van der Waals surface area contributed by atoms with Gasteiger partial charge in [0.05, 0.1) is 19.3 Å². The number of aliphatic hydroxyl groups excluding tert-OH is 1. The molecule has 0 heterocycles. The first-order valence-electron chi connectivity index (χ1n) is 15.5. The Kier molecular flexibility index (Phi) is 9.62. The van der Waals surface area contributed by atoms with Gasteiger partial charge in [-0.3, -0.25) is 0 Å². The van der Waals surface area contributed by atoms with Gasteiger partial charge < -0.3 is 14.6 Å². The van der Waals surface area contributed by atoms with Crippen LogP contribution in [0.25, 0.3) is 0 Å². The number of rotatable bonds is 13. The molecule has 0 spiro atoms. The standard InChI is InChI=1S/C42H38O3/c43-40(33-45-42(37-25-13-4-14-26-37,38-27-15-5-16-28-38)39-29-17-6-18-30-39)31-32-44-41(34-19-7-1-8-20-34,35-21-9-2-10-22-35)36-23-11-3-12-24-36/h1-30,40,43H,31-33H2. The molecule has 3 nitrogen and oxygen atoms in total. The van der Waals surface area contributed by atoms with Gasteiger partial charge in [-0.2, -0.15) is 0 Å². The smallest absolute Gasteiger partial charge is 0.143 e. The maximum atomic E-state index is 11.5. The fraction of sp³-hybridized carbons (Fsp3) is 0.143. The number of hydrogen-bond donors (Lipinski definition) is 1. The fourth-order valence-electron chi connectivity index (χ4n) is 6.19. The van der Waals surface area contributed by atoms with Crippen molar-refractivity contribution in [2.45, 2.75) is 23.7 Å². The Morgan fingerprint density at radius 2 is 0.622 bits per heavy atom. The van der Waals surface area contributed by atoms with E-state index in [1.54, 1.807) is 0 Å². The highest BCUT2D eigenvalue weighted by Crippen LogP contribution is 2.42.